The molecule has 1 atom stereocenters. The van der Waals surface area contributed by atoms with Crippen molar-refractivity contribution in [3.05, 3.63) is 18.0 Å². The van der Waals surface area contributed by atoms with Crippen LogP contribution in [0.5, 0.6) is 0 Å². The zero-order chi connectivity index (χ0) is 16.9. The number of aliphatic imine (C=N–C) groups is 1. The Morgan fingerprint density at radius 2 is 2.12 bits per heavy atom. The van der Waals surface area contributed by atoms with E-state index in [1.165, 1.54) is 37.7 Å². The second kappa shape index (κ2) is 9.75. The van der Waals surface area contributed by atoms with Crippen LogP contribution in [0.25, 0.3) is 0 Å². The zero-order valence-corrected chi connectivity index (χ0v) is 18.1. The number of aryl methyl sites for hydroxylation is 1. The second-order valence-electron chi connectivity index (χ2n) is 7.27. The van der Waals surface area contributed by atoms with E-state index >= 15 is 0 Å². The molecule has 2 heterocycles. The van der Waals surface area contributed by atoms with Crippen LogP contribution in [0.15, 0.2) is 17.4 Å². The number of likely N-dealkylation sites (tertiary alicyclic amines) is 1. The van der Waals surface area contributed by atoms with Gasteiger partial charge in [0.15, 0.2) is 5.96 Å². The van der Waals surface area contributed by atoms with Crippen molar-refractivity contribution in [2.45, 2.75) is 44.1 Å². The van der Waals surface area contributed by atoms with Crippen molar-refractivity contribution >= 4 is 29.9 Å². The maximum absolute atomic E-state index is 4.49. The highest BCUT2D eigenvalue weighted by Gasteiger charge is 2.27. The van der Waals surface area contributed by atoms with E-state index in [-0.39, 0.29) is 24.0 Å². The van der Waals surface area contributed by atoms with Crippen molar-refractivity contribution < 1.29 is 0 Å². The third-order valence-corrected chi connectivity index (χ3v) is 5.59. The Morgan fingerprint density at radius 1 is 1.36 bits per heavy atom. The lowest BCUT2D eigenvalue weighted by molar-refractivity contribution is 0.248. The van der Waals surface area contributed by atoms with Crippen LogP contribution in [0.2, 0.25) is 0 Å². The fourth-order valence-electron chi connectivity index (χ4n) is 4.08. The van der Waals surface area contributed by atoms with Gasteiger partial charge >= 0.3 is 0 Å². The first-order valence-corrected chi connectivity index (χ1v) is 9.31. The van der Waals surface area contributed by atoms with E-state index in [9.17, 15) is 0 Å². The number of likely N-dealkylation sites (N-methyl/N-ethyl adjacent to an activating group) is 1. The minimum absolute atomic E-state index is 0. The van der Waals surface area contributed by atoms with E-state index in [0.717, 1.165) is 38.2 Å². The Labute approximate surface area is 169 Å². The van der Waals surface area contributed by atoms with Gasteiger partial charge < -0.3 is 15.1 Å². The third kappa shape index (κ3) is 5.32. The number of nitrogens with zero attached hydrogens (tertiary/aromatic N) is 5. The monoisotopic (exact) mass is 460 g/mol. The van der Waals surface area contributed by atoms with Crippen LogP contribution in [-0.2, 0) is 7.05 Å². The molecule has 6 nitrogen and oxygen atoms in total. The molecule has 2 aliphatic rings. The van der Waals surface area contributed by atoms with E-state index in [1.807, 2.05) is 25.0 Å². The van der Waals surface area contributed by atoms with Crippen LogP contribution in [-0.4, -0.2) is 71.9 Å². The summed E-state index contributed by atoms with van der Waals surface area (Å²) in [7, 11) is 6.13. The van der Waals surface area contributed by atoms with Gasteiger partial charge in [0.25, 0.3) is 0 Å². The summed E-state index contributed by atoms with van der Waals surface area (Å²) < 4.78 is 1.89. The maximum Gasteiger partial charge on any atom is 0.193 e. The molecular weight excluding hydrogens is 427 g/mol. The molecule has 0 amide bonds. The Morgan fingerprint density at radius 3 is 2.76 bits per heavy atom. The molecule has 1 N–H and O–H groups in total. The van der Waals surface area contributed by atoms with Crippen LogP contribution in [0, 0.1) is 0 Å². The van der Waals surface area contributed by atoms with Crippen molar-refractivity contribution in [2.75, 3.05) is 40.3 Å². The molecule has 0 bridgehead atoms. The van der Waals surface area contributed by atoms with Gasteiger partial charge in [-0.15, -0.1) is 24.0 Å². The van der Waals surface area contributed by atoms with E-state index in [2.05, 4.69) is 38.5 Å². The summed E-state index contributed by atoms with van der Waals surface area (Å²) in [6, 6.07) is 0.788. The fourth-order valence-corrected chi connectivity index (χ4v) is 4.08. The van der Waals surface area contributed by atoms with Crippen molar-refractivity contribution in [3.63, 3.8) is 0 Å². The maximum atomic E-state index is 4.49. The van der Waals surface area contributed by atoms with Crippen LogP contribution >= 0.6 is 24.0 Å². The predicted molar refractivity (Wildman–Crippen MR) is 114 cm³/mol. The quantitative estimate of drug-likeness (QED) is 0.416. The summed E-state index contributed by atoms with van der Waals surface area (Å²) >= 11 is 0. The Hall–Kier alpha value is -0.830. The number of hydrogen-bond donors (Lipinski definition) is 1. The SMILES string of the molecule is CN=C(NCCN(C)C1CCCC1)N1CCC(c2cnn(C)c2)C1.I. The highest BCUT2D eigenvalue weighted by Crippen LogP contribution is 2.26. The summed E-state index contributed by atoms with van der Waals surface area (Å²) in [5.41, 5.74) is 1.34. The molecule has 1 aromatic heterocycles. The molecule has 3 rings (SSSR count). The van der Waals surface area contributed by atoms with E-state index < -0.39 is 0 Å². The lowest BCUT2D eigenvalue weighted by atomic mass is 10.0. The van der Waals surface area contributed by atoms with Gasteiger partial charge in [0.2, 0.25) is 0 Å². The Bertz CT molecular complexity index is 552. The van der Waals surface area contributed by atoms with Gasteiger partial charge in [-0.25, -0.2) is 0 Å². The summed E-state index contributed by atoms with van der Waals surface area (Å²) in [5.74, 6) is 1.61. The van der Waals surface area contributed by atoms with Gasteiger partial charge in [-0.3, -0.25) is 9.67 Å². The molecule has 2 fully saturated rings. The minimum atomic E-state index is 0. The third-order valence-electron chi connectivity index (χ3n) is 5.59. The molecule has 0 aromatic carbocycles. The van der Waals surface area contributed by atoms with Crippen molar-refractivity contribution in [3.8, 4) is 0 Å². The summed E-state index contributed by atoms with van der Waals surface area (Å²) in [4.78, 5) is 9.38. The smallest absolute Gasteiger partial charge is 0.193 e. The zero-order valence-electron chi connectivity index (χ0n) is 15.8. The number of aromatic nitrogens is 2. The van der Waals surface area contributed by atoms with Crippen molar-refractivity contribution in [1.82, 2.24) is 24.9 Å². The van der Waals surface area contributed by atoms with Gasteiger partial charge in [-0.05, 0) is 31.9 Å². The molecule has 142 valence electrons. The molecule has 1 aliphatic carbocycles. The van der Waals surface area contributed by atoms with Crippen LogP contribution in [0.1, 0.15) is 43.6 Å². The number of guanidine groups is 1. The highest BCUT2D eigenvalue weighted by atomic mass is 127. The molecular formula is C18H33IN6. The molecule has 1 unspecified atom stereocenters. The average Bonchev–Trinajstić information content (AvgIpc) is 3.31. The number of hydrogen-bond acceptors (Lipinski definition) is 3. The van der Waals surface area contributed by atoms with Gasteiger partial charge in [0.1, 0.15) is 0 Å². The molecule has 7 heteroatoms. The highest BCUT2D eigenvalue weighted by molar-refractivity contribution is 14.0. The van der Waals surface area contributed by atoms with Gasteiger partial charge in [-0.1, -0.05) is 12.8 Å². The normalized spacial score (nSPS) is 21.8. The van der Waals surface area contributed by atoms with Crippen LogP contribution in [0.4, 0.5) is 0 Å². The fraction of sp³-hybridized carbons (Fsp3) is 0.778. The number of rotatable bonds is 5. The summed E-state index contributed by atoms with van der Waals surface area (Å²) in [6.07, 6.45) is 10.8. The van der Waals surface area contributed by atoms with Gasteiger partial charge in [0, 0.05) is 58.4 Å². The first-order chi connectivity index (χ1) is 11.7. The Kier molecular flexibility index (Phi) is 7.99. The summed E-state index contributed by atoms with van der Waals surface area (Å²) in [6.45, 7) is 4.15. The molecule has 0 radical (unpaired) electrons. The minimum Gasteiger partial charge on any atom is -0.355 e. The van der Waals surface area contributed by atoms with Crippen LogP contribution in [0.3, 0.4) is 0 Å². The molecule has 1 aliphatic heterocycles. The molecule has 1 aromatic rings. The van der Waals surface area contributed by atoms with Gasteiger partial charge in [0.05, 0.1) is 6.20 Å². The Balaban J connectivity index is 0.00000225. The first-order valence-electron chi connectivity index (χ1n) is 9.31. The van der Waals surface area contributed by atoms with Gasteiger partial charge in [-0.2, -0.15) is 5.10 Å². The molecule has 0 spiro atoms. The van der Waals surface area contributed by atoms with E-state index in [4.69, 9.17) is 0 Å². The standard InChI is InChI=1S/C18H32N6.HI/c1-19-18(20-9-11-22(2)17-6-4-5-7-17)24-10-8-15(14-24)16-12-21-23(3)13-16;/h12-13,15,17H,4-11,14H2,1-3H3,(H,19,20);1H. The van der Waals surface area contributed by atoms with E-state index in [0.29, 0.717) is 5.92 Å². The molecule has 25 heavy (non-hydrogen) atoms. The largest absolute Gasteiger partial charge is 0.355 e. The lowest BCUT2D eigenvalue weighted by Gasteiger charge is -2.26. The van der Waals surface area contributed by atoms with Crippen molar-refractivity contribution in [1.29, 1.82) is 0 Å². The molecule has 1 saturated heterocycles. The topological polar surface area (TPSA) is 48.7 Å². The lowest BCUT2D eigenvalue weighted by Crippen LogP contribution is -2.44. The molecule has 1 saturated carbocycles. The number of nitrogens with one attached hydrogen (secondary N) is 1. The van der Waals surface area contributed by atoms with E-state index in [1.54, 1.807) is 0 Å². The van der Waals surface area contributed by atoms with Crippen molar-refractivity contribution in [2.24, 2.45) is 12.0 Å². The average molecular weight is 460 g/mol. The predicted octanol–water partition coefficient (Wildman–Crippen LogP) is 2.28. The second-order valence-corrected chi connectivity index (χ2v) is 7.27. The number of halogens is 1. The van der Waals surface area contributed by atoms with Crippen LogP contribution < -0.4 is 5.32 Å². The first kappa shape index (κ1) is 20.5. The summed E-state index contributed by atoms with van der Waals surface area (Å²) in [5, 5.41) is 7.86.